The normalized spacial score (nSPS) is 16.0. The van der Waals surface area contributed by atoms with Gasteiger partial charge in [-0.05, 0) is 37.5 Å². The molecule has 0 radical (unpaired) electrons. The fourth-order valence-electron chi connectivity index (χ4n) is 2.86. The van der Waals surface area contributed by atoms with Gasteiger partial charge in [0.2, 0.25) is 5.91 Å². The number of piperidine rings is 1. The molecule has 1 aromatic carbocycles. The summed E-state index contributed by atoms with van der Waals surface area (Å²) in [5.41, 5.74) is 0. The third-order valence-corrected chi connectivity index (χ3v) is 7.21. The molecule has 0 spiro atoms. The first kappa shape index (κ1) is 20.3. The Morgan fingerprint density at radius 2 is 1.96 bits per heavy atom. The maximum absolute atomic E-state index is 12.2. The summed E-state index contributed by atoms with van der Waals surface area (Å²) in [6, 6.07) is 5.01. The second kappa shape index (κ2) is 9.10. The molecule has 140 valence electrons. The molecule has 0 aliphatic carbocycles. The highest BCUT2D eigenvalue weighted by atomic mass is 35.5. The van der Waals surface area contributed by atoms with E-state index >= 15 is 0 Å². The number of carbonyl (C=O) groups is 1. The van der Waals surface area contributed by atoms with Gasteiger partial charge >= 0.3 is 0 Å². The molecule has 1 aromatic rings. The second-order valence-corrected chi connectivity index (χ2v) is 9.47. The van der Waals surface area contributed by atoms with Gasteiger partial charge in [0.25, 0.3) is 0 Å². The molecule has 0 aromatic heterocycles. The molecule has 1 amide bonds. The fourth-order valence-corrected chi connectivity index (χ4v) is 4.72. The van der Waals surface area contributed by atoms with E-state index < -0.39 is 9.84 Å². The van der Waals surface area contributed by atoms with Crippen LogP contribution >= 0.6 is 23.2 Å². The smallest absolute Gasteiger partial charge is 0.222 e. The third kappa shape index (κ3) is 5.76. The summed E-state index contributed by atoms with van der Waals surface area (Å²) in [6.45, 7) is 3.06. The number of hydrogen-bond donors (Lipinski definition) is 0. The van der Waals surface area contributed by atoms with E-state index in [4.69, 9.17) is 27.9 Å². The summed E-state index contributed by atoms with van der Waals surface area (Å²) in [6.07, 6.45) is 2.00. The van der Waals surface area contributed by atoms with Crippen LogP contribution in [0.4, 0.5) is 0 Å². The first-order chi connectivity index (χ1) is 11.8. The summed E-state index contributed by atoms with van der Waals surface area (Å²) in [5, 5.41) is 0.677. The van der Waals surface area contributed by atoms with Crippen LogP contribution in [0.1, 0.15) is 32.6 Å². The molecule has 1 aliphatic rings. The topological polar surface area (TPSA) is 63.7 Å². The van der Waals surface area contributed by atoms with Gasteiger partial charge in [0.05, 0.1) is 16.9 Å². The van der Waals surface area contributed by atoms with E-state index in [-0.39, 0.29) is 16.9 Å². The minimum atomic E-state index is -3.01. The van der Waals surface area contributed by atoms with Gasteiger partial charge < -0.3 is 9.64 Å². The maximum atomic E-state index is 12.2. The van der Waals surface area contributed by atoms with Crippen LogP contribution in [0.15, 0.2) is 18.2 Å². The molecule has 5 nitrogen and oxygen atoms in total. The first-order valence-corrected chi connectivity index (χ1v) is 10.9. The predicted octanol–water partition coefficient (Wildman–Crippen LogP) is 3.58. The molecule has 0 N–H and O–H groups in total. The highest BCUT2D eigenvalue weighted by Crippen LogP contribution is 2.27. The van der Waals surface area contributed by atoms with Crippen LogP contribution in [0.3, 0.4) is 0 Å². The molecule has 1 saturated heterocycles. The molecule has 1 fully saturated rings. The molecular weight excluding hydrogens is 385 g/mol. The van der Waals surface area contributed by atoms with Gasteiger partial charge in [-0.1, -0.05) is 30.1 Å². The Morgan fingerprint density at radius 3 is 2.56 bits per heavy atom. The Balaban J connectivity index is 1.71. The lowest BCUT2D eigenvalue weighted by molar-refractivity contribution is -0.132. The van der Waals surface area contributed by atoms with Crippen molar-refractivity contribution >= 4 is 38.9 Å². The number of carbonyl (C=O) groups excluding carboxylic acids is 1. The van der Waals surface area contributed by atoms with Crippen LogP contribution in [-0.2, 0) is 14.6 Å². The van der Waals surface area contributed by atoms with Crippen molar-refractivity contribution in [2.45, 2.75) is 37.9 Å². The van der Waals surface area contributed by atoms with Gasteiger partial charge in [0.15, 0.2) is 9.84 Å². The molecule has 1 aliphatic heterocycles. The van der Waals surface area contributed by atoms with E-state index in [1.165, 1.54) is 0 Å². The lowest BCUT2D eigenvalue weighted by atomic mass is 10.1. The van der Waals surface area contributed by atoms with Gasteiger partial charge in [-0.3, -0.25) is 4.79 Å². The van der Waals surface area contributed by atoms with Gasteiger partial charge in [0, 0.05) is 30.3 Å². The van der Waals surface area contributed by atoms with Crippen LogP contribution in [0.5, 0.6) is 5.75 Å². The van der Waals surface area contributed by atoms with Crippen LogP contribution in [0.2, 0.25) is 10.0 Å². The number of hydrogen-bond acceptors (Lipinski definition) is 4. The van der Waals surface area contributed by atoms with Crippen LogP contribution < -0.4 is 4.74 Å². The molecule has 2 rings (SSSR count). The summed E-state index contributed by atoms with van der Waals surface area (Å²) < 4.78 is 29.3. The number of rotatable bonds is 7. The van der Waals surface area contributed by atoms with Crippen molar-refractivity contribution in [3.63, 3.8) is 0 Å². The second-order valence-electron chi connectivity index (χ2n) is 6.06. The van der Waals surface area contributed by atoms with Crippen molar-refractivity contribution in [3.8, 4) is 5.75 Å². The molecule has 25 heavy (non-hydrogen) atoms. The largest absolute Gasteiger partial charge is 0.492 e. The molecule has 8 heteroatoms. The molecule has 0 saturated carbocycles. The average molecular weight is 408 g/mol. The maximum Gasteiger partial charge on any atom is 0.222 e. The zero-order valence-corrected chi connectivity index (χ0v) is 16.5. The standard InChI is InChI=1S/C17H23Cl2NO4S/c1-2-25(22,23)14-7-9-20(10-8-14)17(21)4-3-11-24-16-6-5-13(18)12-15(16)19/h5-6,12,14H,2-4,7-11H2,1H3. The zero-order valence-electron chi connectivity index (χ0n) is 14.2. The molecular formula is C17H23Cl2NO4S. The molecule has 1 heterocycles. The quantitative estimate of drug-likeness (QED) is 0.647. The van der Waals surface area contributed by atoms with Gasteiger partial charge in [-0.15, -0.1) is 0 Å². The fraction of sp³-hybridized carbons (Fsp3) is 0.588. The van der Waals surface area contributed by atoms with Crippen molar-refractivity contribution in [1.82, 2.24) is 4.90 Å². The van der Waals surface area contributed by atoms with E-state index in [1.807, 2.05) is 0 Å². The van der Waals surface area contributed by atoms with E-state index in [9.17, 15) is 13.2 Å². The summed E-state index contributed by atoms with van der Waals surface area (Å²) in [5.74, 6) is 0.748. The Hall–Kier alpha value is -0.980. The van der Waals surface area contributed by atoms with Crippen LogP contribution in [-0.4, -0.2) is 49.9 Å². The van der Waals surface area contributed by atoms with Crippen molar-refractivity contribution in [2.24, 2.45) is 0 Å². The number of halogens is 2. The number of ether oxygens (including phenoxy) is 1. The van der Waals surface area contributed by atoms with Crippen molar-refractivity contribution in [1.29, 1.82) is 0 Å². The number of benzene rings is 1. The van der Waals surface area contributed by atoms with Gasteiger partial charge in [-0.25, -0.2) is 8.42 Å². The van der Waals surface area contributed by atoms with Crippen molar-refractivity contribution in [2.75, 3.05) is 25.4 Å². The number of sulfone groups is 1. The van der Waals surface area contributed by atoms with Crippen LogP contribution in [0.25, 0.3) is 0 Å². The molecule has 0 unspecified atom stereocenters. The highest BCUT2D eigenvalue weighted by Gasteiger charge is 2.30. The minimum Gasteiger partial charge on any atom is -0.492 e. The van der Waals surface area contributed by atoms with Gasteiger partial charge in [-0.2, -0.15) is 0 Å². The summed E-state index contributed by atoms with van der Waals surface area (Å²) in [7, 11) is -3.01. The number of nitrogens with zero attached hydrogens (tertiary/aromatic N) is 1. The third-order valence-electron chi connectivity index (χ3n) is 4.39. The first-order valence-electron chi connectivity index (χ1n) is 8.40. The summed E-state index contributed by atoms with van der Waals surface area (Å²) in [4.78, 5) is 14.0. The van der Waals surface area contributed by atoms with Crippen molar-refractivity contribution < 1.29 is 17.9 Å². The zero-order chi connectivity index (χ0) is 18.4. The average Bonchev–Trinajstić information content (AvgIpc) is 2.60. The monoisotopic (exact) mass is 407 g/mol. The lowest BCUT2D eigenvalue weighted by Gasteiger charge is -2.31. The molecule has 0 atom stereocenters. The van der Waals surface area contributed by atoms with E-state index in [1.54, 1.807) is 30.0 Å². The predicted molar refractivity (Wildman–Crippen MR) is 100 cm³/mol. The van der Waals surface area contributed by atoms with Crippen LogP contribution in [0, 0.1) is 0 Å². The Morgan fingerprint density at radius 1 is 1.28 bits per heavy atom. The number of likely N-dealkylation sites (tertiary alicyclic amines) is 1. The summed E-state index contributed by atoms with van der Waals surface area (Å²) >= 11 is 11.8. The van der Waals surface area contributed by atoms with Gasteiger partial charge in [0.1, 0.15) is 5.75 Å². The van der Waals surface area contributed by atoms with E-state index in [0.29, 0.717) is 61.2 Å². The Kier molecular flexibility index (Phi) is 7.40. The van der Waals surface area contributed by atoms with E-state index in [2.05, 4.69) is 0 Å². The Bertz CT molecular complexity index is 701. The van der Waals surface area contributed by atoms with E-state index in [0.717, 1.165) is 0 Å². The number of amides is 1. The SMILES string of the molecule is CCS(=O)(=O)C1CCN(C(=O)CCCOc2ccc(Cl)cc2Cl)CC1. The Labute approximate surface area is 159 Å². The highest BCUT2D eigenvalue weighted by molar-refractivity contribution is 7.92. The van der Waals surface area contributed by atoms with Crippen molar-refractivity contribution in [3.05, 3.63) is 28.2 Å². The lowest BCUT2D eigenvalue weighted by Crippen LogP contribution is -2.42. The minimum absolute atomic E-state index is 0.0400. The molecule has 0 bridgehead atoms.